The van der Waals surface area contributed by atoms with E-state index in [0.29, 0.717) is 0 Å². The minimum atomic E-state index is 0.723. The Morgan fingerprint density at radius 3 is 2.33 bits per heavy atom. The SMILES string of the molecule is Cc1nn(-c2ccccc2)c(N2CCCCCC2)c1C=O. The van der Waals surface area contributed by atoms with E-state index in [4.69, 9.17) is 0 Å². The summed E-state index contributed by atoms with van der Waals surface area (Å²) in [5.74, 6) is 0.954. The minimum Gasteiger partial charge on any atom is -0.356 e. The molecule has 0 bridgehead atoms. The fourth-order valence-corrected chi connectivity index (χ4v) is 3.00. The second kappa shape index (κ2) is 6.12. The Labute approximate surface area is 125 Å². The molecule has 1 saturated heterocycles. The highest BCUT2D eigenvalue weighted by Crippen LogP contribution is 2.28. The van der Waals surface area contributed by atoms with Crippen LogP contribution in [0.1, 0.15) is 41.7 Å². The highest BCUT2D eigenvalue weighted by atomic mass is 16.1. The normalized spacial score (nSPS) is 15.8. The van der Waals surface area contributed by atoms with Gasteiger partial charge in [-0.05, 0) is 31.9 Å². The Bertz CT molecular complexity index is 610. The van der Waals surface area contributed by atoms with Crippen molar-refractivity contribution in [3.05, 3.63) is 41.6 Å². The molecule has 4 nitrogen and oxygen atoms in total. The third-order valence-electron chi connectivity index (χ3n) is 4.11. The summed E-state index contributed by atoms with van der Waals surface area (Å²) in [6, 6.07) is 10.1. The highest BCUT2D eigenvalue weighted by Gasteiger charge is 2.22. The van der Waals surface area contributed by atoms with E-state index < -0.39 is 0 Å². The summed E-state index contributed by atoms with van der Waals surface area (Å²) in [5, 5.41) is 4.60. The van der Waals surface area contributed by atoms with Crippen molar-refractivity contribution < 1.29 is 4.79 Å². The quantitative estimate of drug-likeness (QED) is 0.811. The fraction of sp³-hybridized carbons (Fsp3) is 0.412. The van der Waals surface area contributed by atoms with Crippen LogP contribution in [0.3, 0.4) is 0 Å². The molecule has 4 heteroatoms. The van der Waals surface area contributed by atoms with Crippen molar-refractivity contribution in [2.75, 3.05) is 18.0 Å². The Kier molecular flexibility index (Phi) is 4.04. The van der Waals surface area contributed by atoms with E-state index in [9.17, 15) is 4.79 Å². The van der Waals surface area contributed by atoms with E-state index >= 15 is 0 Å². The number of carbonyl (C=O) groups excluding carboxylic acids is 1. The Hall–Kier alpha value is -2.10. The van der Waals surface area contributed by atoms with E-state index in [0.717, 1.165) is 42.1 Å². The van der Waals surface area contributed by atoms with E-state index in [1.165, 1.54) is 25.7 Å². The van der Waals surface area contributed by atoms with Crippen molar-refractivity contribution in [3.63, 3.8) is 0 Å². The number of para-hydroxylation sites is 1. The number of carbonyl (C=O) groups is 1. The van der Waals surface area contributed by atoms with Gasteiger partial charge in [-0.25, -0.2) is 4.68 Å². The fourth-order valence-electron chi connectivity index (χ4n) is 3.00. The lowest BCUT2D eigenvalue weighted by atomic mass is 10.2. The zero-order valence-electron chi connectivity index (χ0n) is 12.5. The number of nitrogens with zero attached hydrogens (tertiary/aromatic N) is 3. The zero-order chi connectivity index (χ0) is 14.7. The van der Waals surface area contributed by atoms with Gasteiger partial charge in [-0.1, -0.05) is 31.0 Å². The van der Waals surface area contributed by atoms with Crippen molar-refractivity contribution in [3.8, 4) is 5.69 Å². The van der Waals surface area contributed by atoms with Crippen LogP contribution in [-0.4, -0.2) is 29.2 Å². The molecule has 0 atom stereocenters. The molecule has 110 valence electrons. The molecule has 0 radical (unpaired) electrons. The van der Waals surface area contributed by atoms with Crippen LogP contribution in [0, 0.1) is 6.92 Å². The van der Waals surface area contributed by atoms with Crippen molar-refractivity contribution in [2.24, 2.45) is 0 Å². The largest absolute Gasteiger partial charge is 0.356 e. The number of benzene rings is 1. The van der Waals surface area contributed by atoms with Gasteiger partial charge in [-0.2, -0.15) is 5.10 Å². The van der Waals surface area contributed by atoms with Crippen LogP contribution in [0.25, 0.3) is 5.69 Å². The molecule has 1 fully saturated rings. The van der Waals surface area contributed by atoms with Crippen LogP contribution < -0.4 is 4.90 Å². The summed E-state index contributed by atoms with van der Waals surface area (Å²) < 4.78 is 1.92. The second-order valence-corrected chi connectivity index (χ2v) is 5.59. The molecular weight excluding hydrogens is 262 g/mol. The van der Waals surface area contributed by atoms with Gasteiger partial charge in [0.1, 0.15) is 5.82 Å². The maximum absolute atomic E-state index is 11.5. The van der Waals surface area contributed by atoms with E-state index in [1.807, 2.05) is 41.9 Å². The van der Waals surface area contributed by atoms with Gasteiger partial charge in [0.25, 0.3) is 0 Å². The van der Waals surface area contributed by atoms with Gasteiger partial charge in [0.15, 0.2) is 6.29 Å². The van der Waals surface area contributed by atoms with Crippen LogP contribution in [0.4, 0.5) is 5.82 Å². The molecule has 0 spiro atoms. The number of hydrogen-bond acceptors (Lipinski definition) is 3. The molecular formula is C17H21N3O. The predicted octanol–water partition coefficient (Wildman–Crippen LogP) is 3.37. The number of aldehydes is 1. The summed E-state index contributed by atoms with van der Waals surface area (Å²) in [4.78, 5) is 13.9. The highest BCUT2D eigenvalue weighted by molar-refractivity contribution is 5.85. The lowest BCUT2D eigenvalue weighted by Gasteiger charge is -2.24. The molecule has 0 N–H and O–H groups in total. The van der Waals surface area contributed by atoms with Crippen LogP contribution in [0.15, 0.2) is 30.3 Å². The molecule has 0 unspecified atom stereocenters. The second-order valence-electron chi connectivity index (χ2n) is 5.59. The van der Waals surface area contributed by atoms with Gasteiger partial charge >= 0.3 is 0 Å². The summed E-state index contributed by atoms with van der Waals surface area (Å²) in [6.45, 7) is 3.90. The van der Waals surface area contributed by atoms with Crippen LogP contribution >= 0.6 is 0 Å². The summed E-state index contributed by atoms with van der Waals surface area (Å²) >= 11 is 0. The Balaban J connectivity index is 2.10. The molecule has 21 heavy (non-hydrogen) atoms. The van der Waals surface area contributed by atoms with Crippen LogP contribution in [0.2, 0.25) is 0 Å². The van der Waals surface area contributed by atoms with Crippen molar-refractivity contribution >= 4 is 12.1 Å². The number of hydrogen-bond donors (Lipinski definition) is 0. The van der Waals surface area contributed by atoms with Crippen LogP contribution in [0.5, 0.6) is 0 Å². The topological polar surface area (TPSA) is 38.1 Å². The van der Waals surface area contributed by atoms with Crippen molar-refractivity contribution in [1.82, 2.24) is 9.78 Å². The van der Waals surface area contributed by atoms with E-state index in [-0.39, 0.29) is 0 Å². The predicted molar refractivity (Wildman–Crippen MR) is 84.4 cm³/mol. The van der Waals surface area contributed by atoms with Gasteiger partial charge < -0.3 is 4.90 Å². The summed E-state index contributed by atoms with van der Waals surface area (Å²) in [7, 11) is 0. The molecule has 2 aromatic rings. The van der Waals surface area contributed by atoms with Gasteiger partial charge in [0.05, 0.1) is 16.9 Å². The van der Waals surface area contributed by atoms with Gasteiger partial charge in [0.2, 0.25) is 0 Å². The van der Waals surface area contributed by atoms with Crippen molar-refractivity contribution in [2.45, 2.75) is 32.6 Å². The number of aromatic nitrogens is 2. The number of aryl methyl sites for hydroxylation is 1. The van der Waals surface area contributed by atoms with Gasteiger partial charge in [0, 0.05) is 13.1 Å². The Morgan fingerprint density at radius 1 is 1.05 bits per heavy atom. The number of rotatable bonds is 3. The summed E-state index contributed by atoms with van der Waals surface area (Å²) in [5.41, 5.74) is 2.53. The molecule has 0 saturated carbocycles. The minimum absolute atomic E-state index is 0.723. The smallest absolute Gasteiger partial charge is 0.155 e. The first-order valence-corrected chi connectivity index (χ1v) is 7.66. The molecule has 0 aliphatic carbocycles. The lowest BCUT2D eigenvalue weighted by molar-refractivity contribution is 0.112. The lowest BCUT2D eigenvalue weighted by Crippen LogP contribution is -2.27. The first-order valence-electron chi connectivity index (χ1n) is 7.66. The standard InChI is InChI=1S/C17H21N3O/c1-14-16(13-21)17(19-11-7-2-3-8-12-19)20(18-14)15-9-5-4-6-10-15/h4-6,9-10,13H,2-3,7-8,11-12H2,1H3. The maximum Gasteiger partial charge on any atom is 0.155 e. The van der Waals surface area contributed by atoms with E-state index in [1.54, 1.807) is 0 Å². The number of anilines is 1. The third-order valence-corrected chi connectivity index (χ3v) is 4.11. The molecule has 2 heterocycles. The first kappa shape index (κ1) is 13.9. The molecule has 1 aromatic carbocycles. The maximum atomic E-state index is 11.5. The van der Waals surface area contributed by atoms with Gasteiger partial charge in [-0.3, -0.25) is 4.79 Å². The van der Waals surface area contributed by atoms with Crippen LogP contribution in [-0.2, 0) is 0 Å². The molecule has 3 rings (SSSR count). The van der Waals surface area contributed by atoms with Crippen molar-refractivity contribution in [1.29, 1.82) is 0 Å². The molecule has 0 amide bonds. The third kappa shape index (κ3) is 2.71. The van der Waals surface area contributed by atoms with E-state index in [2.05, 4.69) is 10.00 Å². The molecule has 1 aliphatic heterocycles. The first-order chi connectivity index (χ1) is 10.3. The monoisotopic (exact) mass is 283 g/mol. The van der Waals surface area contributed by atoms with Gasteiger partial charge in [-0.15, -0.1) is 0 Å². The Morgan fingerprint density at radius 2 is 1.71 bits per heavy atom. The average Bonchev–Trinajstić information content (AvgIpc) is 2.69. The summed E-state index contributed by atoms with van der Waals surface area (Å²) in [6.07, 6.45) is 5.84. The molecule has 1 aliphatic rings. The zero-order valence-corrected chi connectivity index (χ0v) is 12.5. The molecule has 1 aromatic heterocycles. The average molecular weight is 283 g/mol.